The smallest absolute Gasteiger partial charge is 0.0328 e. The van der Waals surface area contributed by atoms with Crippen LogP contribution in [0.25, 0.3) is 0 Å². The molecule has 1 rings (SSSR count). The van der Waals surface area contributed by atoms with Gasteiger partial charge in [0.1, 0.15) is 0 Å². The van der Waals surface area contributed by atoms with Gasteiger partial charge in [-0.05, 0) is 65.1 Å². The van der Waals surface area contributed by atoms with E-state index in [4.69, 9.17) is 0 Å². The van der Waals surface area contributed by atoms with Crippen molar-refractivity contribution in [2.45, 2.75) is 65.0 Å². The van der Waals surface area contributed by atoms with Crippen LogP contribution >= 0.6 is 0 Å². The number of likely N-dealkylation sites (N-methyl/N-ethyl adjacent to an activating group) is 2. The van der Waals surface area contributed by atoms with Crippen LogP contribution in [0.4, 0.5) is 0 Å². The summed E-state index contributed by atoms with van der Waals surface area (Å²) in [6, 6.07) is 0.604. The molecule has 0 radical (unpaired) electrons. The summed E-state index contributed by atoms with van der Waals surface area (Å²) in [6.07, 6.45) is 5.37. The standard InChI is InChI=1S/C16H34N2/c1-8-16(4,18(6)7)15(17-5)14-10-9-12(2)13(3)11-14/h12-15,17H,8-11H2,1-7H3. The molecule has 1 saturated carbocycles. The minimum absolute atomic E-state index is 0.264. The molecule has 0 amide bonds. The third kappa shape index (κ3) is 3.08. The van der Waals surface area contributed by atoms with Gasteiger partial charge in [-0.2, -0.15) is 0 Å². The molecule has 2 heteroatoms. The highest BCUT2D eigenvalue weighted by Crippen LogP contribution is 2.39. The highest BCUT2D eigenvalue weighted by molar-refractivity contribution is 4.98. The summed E-state index contributed by atoms with van der Waals surface area (Å²) < 4.78 is 0. The molecule has 1 aliphatic carbocycles. The van der Waals surface area contributed by atoms with Crippen molar-refractivity contribution in [2.75, 3.05) is 21.1 Å². The topological polar surface area (TPSA) is 15.3 Å². The molecule has 1 N–H and O–H groups in total. The Morgan fingerprint density at radius 3 is 2.22 bits per heavy atom. The number of nitrogens with zero attached hydrogens (tertiary/aromatic N) is 1. The van der Waals surface area contributed by atoms with Gasteiger partial charge in [-0.25, -0.2) is 0 Å². The van der Waals surface area contributed by atoms with Crippen molar-refractivity contribution in [3.05, 3.63) is 0 Å². The van der Waals surface area contributed by atoms with Crippen LogP contribution in [0, 0.1) is 17.8 Å². The van der Waals surface area contributed by atoms with Crippen LogP contribution in [0.1, 0.15) is 53.4 Å². The van der Waals surface area contributed by atoms with E-state index in [0.717, 1.165) is 17.8 Å². The largest absolute Gasteiger partial charge is 0.315 e. The van der Waals surface area contributed by atoms with Gasteiger partial charge in [-0.15, -0.1) is 0 Å². The second-order valence-electron chi connectivity index (χ2n) is 6.90. The number of nitrogens with one attached hydrogen (secondary N) is 1. The molecular weight excluding hydrogens is 220 g/mol. The second kappa shape index (κ2) is 6.38. The van der Waals surface area contributed by atoms with Crippen molar-refractivity contribution >= 4 is 0 Å². The summed E-state index contributed by atoms with van der Waals surface area (Å²) in [4.78, 5) is 2.41. The Morgan fingerprint density at radius 1 is 1.22 bits per heavy atom. The first-order chi connectivity index (χ1) is 8.36. The quantitative estimate of drug-likeness (QED) is 0.809. The maximum Gasteiger partial charge on any atom is 0.0328 e. The van der Waals surface area contributed by atoms with E-state index in [1.165, 1.54) is 25.7 Å². The lowest BCUT2D eigenvalue weighted by Gasteiger charge is -2.48. The number of hydrogen-bond acceptors (Lipinski definition) is 2. The molecule has 0 spiro atoms. The maximum absolute atomic E-state index is 3.64. The van der Waals surface area contributed by atoms with Crippen molar-refractivity contribution in [3.8, 4) is 0 Å². The first-order valence-corrected chi connectivity index (χ1v) is 7.71. The number of hydrogen-bond donors (Lipinski definition) is 1. The molecule has 5 atom stereocenters. The van der Waals surface area contributed by atoms with Gasteiger partial charge in [0.05, 0.1) is 0 Å². The molecule has 1 aliphatic rings. The monoisotopic (exact) mass is 254 g/mol. The van der Waals surface area contributed by atoms with Crippen LogP contribution < -0.4 is 5.32 Å². The fraction of sp³-hybridized carbons (Fsp3) is 1.00. The van der Waals surface area contributed by atoms with Crippen molar-refractivity contribution < 1.29 is 0 Å². The molecule has 0 aromatic carbocycles. The van der Waals surface area contributed by atoms with Crippen LogP contribution in [0.5, 0.6) is 0 Å². The van der Waals surface area contributed by atoms with Crippen LogP contribution in [0.3, 0.4) is 0 Å². The zero-order valence-electron chi connectivity index (χ0n) is 13.6. The third-order valence-corrected chi connectivity index (χ3v) is 5.83. The number of rotatable bonds is 5. The van der Waals surface area contributed by atoms with Crippen LogP contribution in [-0.4, -0.2) is 37.6 Å². The highest BCUT2D eigenvalue weighted by atomic mass is 15.2. The second-order valence-corrected chi connectivity index (χ2v) is 6.90. The van der Waals surface area contributed by atoms with E-state index >= 15 is 0 Å². The SMILES string of the molecule is CCC(C)(C(NC)C1CCC(C)C(C)C1)N(C)C. The lowest BCUT2D eigenvalue weighted by molar-refractivity contribution is 0.0546. The van der Waals surface area contributed by atoms with Gasteiger partial charge in [0.2, 0.25) is 0 Å². The van der Waals surface area contributed by atoms with Crippen LogP contribution in [0.15, 0.2) is 0 Å². The first kappa shape index (κ1) is 16.0. The average Bonchev–Trinajstić information content (AvgIpc) is 2.33. The summed E-state index contributed by atoms with van der Waals surface area (Å²) >= 11 is 0. The summed E-state index contributed by atoms with van der Waals surface area (Å²) in [5.41, 5.74) is 0.264. The first-order valence-electron chi connectivity index (χ1n) is 7.71. The Morgan fingerprint density at radius 2 is 1.83 bits per heavy atom. The van der Waals surface area contributed by atoms with Crippen molar-refractivity contribution in [1.82, 2.24) is 10.2 Å². The molecule has 5 unspecified atom stereocenters. The van der Waals surface area contributed by atoms with E-state index in [-0.39, 0.29) is 5.54 Å². The van der Waals surface area contributed by atoms with Gasteiger partial charge in [-0.3, -0.25) is 0 Å². The molecule has 0 aromatic rings. The van der Waals surface area contributed by atoms with Gasteiger partial charge >= 0.3 is 0 Å². The van der Waals surface area contributed by atoms with Gasteiger partial charge < -0.3 is 10.2 Å². The highest BCUT2D eigenvalue weighted by Gasteiger charge is 2.40. The fourth-order valence-electron chi connectivity index (χ4n) is 3.76. The summed E-state index contributed by atoms with van der Waals surface area (Å²) in [5, 5.41) is 3.64. The molecule has 18 heavy (non-hydrogen) atoms. The van der Waals surface area contributed by atoms with Crippen LogP contribution in [-0.2, 0) is 0 Å². The lowest BCUT2D eigenvalue weighted by Crippen LogP contribution is -2.59. The molecule has 108 valence electrons. The molecular formula is C16H34N2. The minimum Gasteiger partial charge on any atom is -0.315 e. The summed E-state index contributed by atoms with van der Waals surface area (Å²) in [6.45, 7) is 9.58. The lowest BCUT2D eigenvalue weighted by atomic mass is 9.68. The molecule has 0 heterocycles. The van der Waals surface area contributed by atoms with Crippen molar-refractivity contribution in [3.63, 3.8) is 0 Å². The van der Waals surface area contributed by atoms with Gasteiger partial charge in [0.15, 0.2) is 0 Å². The van der Waals surface area contributed by atoms with Crippen molar-refractivity contribution in [1.29, 1.82) is 0 Å². The van der Waals surface area contributed by atoms with E-state index < -0.39 is 0 Å². The predicted octanol–water partition coefficient (Wildman–Crippen LogP) is 3.38. The molecule has 0 bridgehead atoms. The zero-order valence-corrected chi connectivity index (χ0v) is 13.6. The van der Waals surface area contributed by atoms with Crippen LogP contribution in [0.2, 0.25) is 0 Å². The molecule has 1 fully saturated rings. The Hall–Kier alpha value is -0.0800. The molecule has 2 nitrogen and oxygen atoms in total. The summed E-state index contributed by atoms with van der Waals surface area (Å²) in [7, 11) is 6.59. The minimum atomic E-state index is 0.264. The molecule has 0 aromatic heterocycles. The average molecular weight is 254 g/mol. The normalized spacial score (nSPS) is 34.3. The van der Waals surface area contributed by atoms with E-state index in [1.807, 2.05) is 0 Å². The molecule has 0 saturated heterocycles. The van der Waals surface area contributed by atoms with E-state index in [0.29, 0.717) is 6.04 Å². The Balaban J connectivity index is 2.83. The van der Waals surface area contributed by atoms with Gasteiger partial charge in [0.25, 0.3) is 0 Å². The third-order valence-electron chi connectivity index (χ3n) is 5.83. The van der Waals surface area contributed by atoms with Gasteiger partial charge in [0, 0.05) is 11.6 Å². The molecule has 0 aliphatic heterocycles. The van der Waals surface area contributed by atoms with E-state index in [2.05, 4.69) is 59.1 Å². The fourth-order valence-corrected chi connectivity index (χ4v) is 3.76. The van der Waals surface area contributed by atoms with E-state index in [1.54, 1.807) is 0 Å². The Kier molecular flexibility index (Phi) is 5.67. The predicted molar refractivity (Wildman–Crippen MR) is 80.9 cm³/mol. The maximum atomic E-state index is 3.64. The van der Waals surface area contributed by atoms with E-state index in [9.17, 15) is 0 Å². The Bertz CT molecular complexity index is 251. The van der Waals surface area contributed by atoms with Gasteiger partial charge in [-0.1, -0.05) is 27.2 Å². The Labute approximate surface area is 115 Å². The summed E-state index contributed by atoms with van der Waals surface area (Å²) in [5.74, 6) is 2.61. The zero-order chi connectivity index (χ0) is 13.9. The van der Waals surface area contributed by atoms with Crippen molar-refractivity contribution in [2.24, 2.45) is 17.8 Å².